The highest BCUT2D eigenvalue weighted by Crippen LogP contribution is 2.23. The van der Waals surface area contributed by atoms with Crippen molar-refractivity contribution in [1.82, 2.24) is 0 Å². The van der Waals surface area contributed by atoms with E-state index in [0.29, 0.717) is 11.3 Å². The number of rotatable bonds is 3. The Morgan fingerprint density at radius 3 is 2.28 bits per heavy atom. The van der Waals surface area contributed by atoms with Crippen LogP contribution in [0.2, 0.25) is 0 Å². The van der Waals surface area contributed by atoms with Crippen molar-refractivity contribution in [1.29, 1.82) is 0 Å². The van der Waals surface area contributed by atoms with Gasteiger partial charge in [-0.1, -0.05) is 18.2 Å². The van der Waals surface area contributed by atoms with Crippen LogP contribution < -0.4 is 5.73 Å². The van der Waals surface area contributed by atoms with E-state index in [-0.39, 0.29) is 12.0 Å². The van der Waals surface area contributed by atoms with Gasteiger partial charge in [-0.15, -0.1) is 0 Å². The summed E-state index contributed by atoms with van der Waals surface area (Å²) in [6, 6.07) is 10.3. The summed E-state index contributed by atoms with van der Waals surface area (Å²) in [7, 11) is 0. The molecule has 0 amide bonds. The van der Waals surface area contributed by atoms with Crippen molar-refractivity contribution in [3.63, 3.8) is 0 Å². The Labute approximate surface area is 104 Å². The summed E-state index contributed by atoms with van der Waals surface area (Å²) in [6.07, 6.45) is -1.11. The molecule has 0 aliphatic rings. The van der Waals surface area contributed by atoms with Crippen LogP contribution in [0.3, 0.4) is 0 Å². The van der Waals surface area contributed by atoms with E-state index in [1.54, 1.807) is 24.3 Å². The van der Waals surface area contributed by atoms with Gasteiger partial charge in [-0.25, -0.2) is 8.78 Å². The molecule has 2 aromatic carbocycles. The van der Waals surface area contributed by atoms with Crippen LogP contribution in [-0.2, 0) is 6.42 Å². The Balaban J connectivity index is 2.24. The quantitative estimate of drug-likeness (QED) is 0.822. The van der Waals surface area contributed by atoms with Gasteiger partial charge in [0.05, 0.1) is 6.10 Å². The highest BCUT2D eigenvalue weighted by molar-refractivity contribution is 5.41. The number of hydrogen-bond acceptors (Lipinski definition) is 2. The van der Waals surface area contributed by atoms with Crippen LogP contribution in [-0.4, -0.2) is 5.11 Å². The SMILES string of the molecule is Nc1cccc(C(O)Cc2c(F)cccc2F)c1. The van der Waals surface area contributed by atoms with Gasteiger partial charge in [-0.3, -0.25) is 0 Å². The Hall–Kier alpha value is -1.94. The topological polar surface area (TPSA) is 46.2 Å². The Bertz CT molecular complexity index is 537. The molecule has 0 heterocycles. The van der Waals surface area contributed by atoms with E-state index in [2.05, 4.69) is 0 Å². The Morgan fingerprint density at radius 2 is 1.67 bits per heavy atom. The molecule has 0 bridgehead atoms. The molecular formula is C14H13F2NO. The van der Waals surface area contributed by atoms with Gasteiger partial charge in [0.1, 0.15) is 11.6 Å². The number of hydrogen-bond donors (Lipinski definition) is 2. The van der Waals surface area contributed by atoms with E-state index < -0.39 is 17.7 Å². The molecule has 4 heteroatoms. The van der Waals surface area contributed by atoms with Gasteiger partial charge < -0.3 is 10.8 Å². The van der Waals surface area contributed by atoms with Crippen molar-refractivity contribution >= 4 is 5.69 Å². The molecule has 2 aromatic rings. The molecule has 1 atom stereocenters. The van der Waals surface area contributed by atoms with Gasteiger partial charge in [-0.2, -0.15) is 0 Å². The minimum absolute atomic E-state index is 0.118. The first-order valence-electron chi connectivity index (χ1n) is 5.54. The number of nitrogen functional groups attached to an aromatic ring is 1. The third kappa shape index (κ3) is 2.65. The van der Waals surface area contributed by atoms with Gasteiger partial charge in [0.2, 0.25) is 0 Å². The van der Waals surface area contributed by atoms with Gasteiger partial charge in [0.15, 0.2) is 0 Å². The molecule has 2 nitrogen and oxygen atoms in total. The lowest BCUT2D eigenvalue weighted by Crippen LogP contribution is -2.06. The zero-order valence-corrected chi connectivity index (χ0v) is 9.61. The zero-order chi connectivity index (χ0) is 13.1. The molecule has 0 spiro atoms. The van der Waals surface area contributed by atoms with Gasteiger partial charge >= 0.3 is 0 Å². The lowest BCUT2D eigenvalue weighted by atomic mass is 10.0. The van der Waals surface area contributed by atoms with Crippen molar-refractivity contribution in [3.05, 3.63) is 65.2 Å². The maximum absolute atomic E-state index is 13.4. The third-order valence-corrected chi connectivity index (χ3v) is 2.75. The lowest BCUT2D eigenvalue weighted by molar-refractivity contribution is 0.175. The monoisotopic (exact) mass is 249 g/mol. The van der Waals surface area contributed by atoms with Crippen molar-refractivity contribution in [2.45, 2.75) is 12.5 Å². The molecule has 18 heavy (non-hydrogen) atoms. The van der Waals surface area contributed by atoms with E-state index in [1.165, 1.54) is 18.2 Å². The molecule has 1 unspecified atom stereocenters. The molecule has 0 fully saturated rings. The van der Waals surface area contributed by atoms with E-state index >= 15 is 0 Å². The number of benzene rings is 2. The number of anilines is 1. The molecule has 0 saturated heterocycles. The average molecular weight is 249 g/mol. The maximum atomic E-state index is 13.4. The standard InChI is InChI=1S/C14H13F2NO/c15-12-5-2-6-13(16)11(12)8-14(18)9-3-1-4-10(17)7-9/h1-7,14,18H,8,17H2. The fourth-order valence-electron chi connectivity index (χ4n) is 1.80. The predicted octanol–water partition coefficient (Wildman–Crippen LogP) is 2.82. The van der Waals surface area contributed by atoms with Crippen molar-refractivity contribution < 1.29 is 13.9 Å². The second-order valence-corrected chi connectivity index (χ2v) is 4.09. The summed E-state index contributed by atoms with van der Waals surface area (Å²) < 4.78 is 26.9. The molecule has 2 rings (SSSR count). The zero-order valence-electron chi connectivity index (χ0n) is 9.61. The fraction of sp³-hybridized carbons (Fsp3) is 0.143. The second kappa shape index (κ2) is 5.14. The number of nitrogens with two attached hydrogens (primary N) is 1. The van der Waals surface area contributed by atoms with Gasteiger partial charge in [0, 0.05) is 17.7 Å². The molecule has 0 aliphatic heterocycles. The van der Waals surface area contributed by atoms with Crippen molar-refractivity contribution in [2.75, 3.05) is 5.73 Å². The minimum Gasteiger partial charge on any atom is -0.399 e. The fourth-order valence-corrected chi connectivity index (χ4v) is 1.80. The van der Waals surface area contributed by atoms with E-state index in [9.17, 15) is 13.9 Å². The van der Waals surface area contributed by atoms with Crippen LogP contribution in [0.4, 0.5) is 14.5 Å². The average Bonchev–Trinajstić information content (AvgIpc) is 2.34. The summed E-state index contributed by atoms with van der Waals surface area (Å²) in [5.41, 5.74) is 6.51. The number of aliphatic hydroxyl groups excluding tert-OH is 1. The van der Waals surface area contributed by atoms with Crippen LogP contribution in [0, 0.1) is 11.6 Å². The summed E-state index contributed by atoms with van der Waals surface area (Å²) in [5.74, 6) is -1.31. The van der Waals surface area contributed by atoms with Gasteiger partial charge in [0.25, 0.3) is 0 Å². The third-order valence-electron chi connectivity index (χ3n) is 2.75. The van der Waals surface area contributed by atoms with Crippen molar-refractivity contribution in [2.24, 2.45) is 0 Å². The first-order valence-corrected chi connectivity index (χ1v) is 5.54. The summed E-state index contributed by atoms with van der Waals surface area (Å²) in [4.78, 5) is 0. The summed E-state index contributed by atoms with van der Waals surface area (Å²) in [6.45, 7) is 0. The molecule has 0 saturated carbocycles. The normalized spacial score (nSPS) is 12.4. The second-order valence-electron chi connectivity index (χ2n) is 4.09. The highest BCUT2D eigenvalue weighted by Gasteiger charge is 2.15. The molecule has 0 radical (unpaired) electrons. The lowest BCUT2D eigenvalue weighted by Gasteiger charge is -2.12. The van der Waals surface area contributed by atoms with E-state index in [4.69, 9.17) is 5.73 Å². The maximum Gasteiger partial charge on any atom is 0.129 e. The highest BCUT2D eigenvalue weighted by atomic mass is 19.1. The van der Waals surface area contributed by atoms with Crippen LogP contribution in [0.25, 0.3) is 0 Å². The summed E-state index contributed by atoms with van der Waals surface area (Å²) in [5, 5.41) is 9.96. The van der Waals surface area contributed by atoms with Crippen LogP contribution in [0.1, 0.15) is 17.2 Å². The first kappa shape index (κ1) is 12.5. The van der Waals surface area contributed by atoms with Gasteiger partial charge in [-0.05, 0) is 29.8 Å². The largest absolute Gasteiger partial charge is 0.399 e. The van der Waals surface area contributed by atoms with Crippen molar-refractivity contribution in [3.8, 4) is 0 Å². The molecule has 3 N–H and O–H groups in total. The molecule has 0 aromatic heterocycles. The smallest absolute Gasteiger partial charge is 0.129 e. The number of aliphatic hydroxyl groups is 1. The predicted molar refractivity (Wildman–Crippen MR) is 65.9 cm³/mol. The van der Waals surface area contributed by atoms with Crippen LogP contribution in [0.15, 0.2) is 42.5 Å². The van der Waals surface area contributed by atoms with E-state index in [1.807, 2.05) is 0 Å². The van der Waals surface area contributed by atoms with Crippen LogP contribution in [0.5, 0.6) is 0 Å². The van der Waals surface area contributed by atoms with Crippen LogP contribution >= 0.6 is 0 Å². The number of halogens is 2. The molecular weight excluding hydrogens is 236 g/mol. The van der Waals surface area contributed by atoms with E-state index in [0.717, 1.165) is 0 Å². The first-order chi connectivity index (χ1) is 8.58. The summed E-state index contributed by atoms with van der Waals surface area (Å²) >= 11 is 0. The molecule has 0 aliphatic carbocycles. The Morgan fingerprint density at radius 1 is 1.06 bits per heavy atom. The minimum atomic E-state index is -0.986. The molecule has 94 valence electrons. The Kier molecular flexibility index (Phi) is 3.58.